The topological polar surface area (TPSA) is 121 Å². The number of aliphatic hydroxyl groups is 2. The fourth-order valence-electron chi connectivity index (χ4n) is 4.46. The van der Waals surface area contributed by atoms with Crippen molar-refractivity contribution in [3.05, 3.63) is 63.7 Å². The largest absolute Gasteiger partial charge is 0.507 e. The van der Waals surface area contributed by atoms with Gasteiger partial charge in [0, 0.05) is 23.1 Å². The number of rotatable bonds is 2. The van der Waals surface area contributed by atoms with Crippen LogP contribution in [-0.2, 0) is 9.53 Å². The lowest BCUT2D eigenvalue weighted by atomic mass is 9.67. The summed E-state index contributed by atoms with van der Waals surface area (Å²) in [5.41, 5.74) is -0.892. The second-order valence-electron chi connectivity index (χ2n) is 7.52. The zero-order valence-corrected chi connectivity index (χ0v) is 15.9. The molecule has 0 saturated heterocycles. The molecule has 3 N–H and O–H groups in total. The second-order valence-corrected chi connectivity index (χ2v) is 7.52. The Morgan fingerprint density at radius 3 is 2.45 bits per heavy atom. The van der Waals surface area contributed by atoms with Gasteiger partial charge >= 0.3 is 5.97 Å². The molecule has 0 saturated carbocycles. The van der Waals surface area contributed by atoms with Gasteiger partial charge in [-0.25, -0.2) is 0 Å². The molecule has 0 aromatic heterocycles. The molecule has 0 unspecified atom stereocenters. The zero-order chi connectivity index (χ0) is 21.1. The lowest BCUT2D eigenvalue weighted by molar-refractivity contribution is -0.153. The smallest absolute Gasteiger partial charge is 0.316 e. The molecule has 0 radical (unpaired) electrons. The summed E-state index contributed by atoms with van der Waals surface area (Å²) in [6.07, 6.45) is -1.06. The quantitative estimate of drug-likeness (QED) is 0.567. The molecule has 0 spiro atoms. The number of methoxy groups -OCH3 is 1. The zero-order valence-electron chi connectivity index (χ0n) is 15.9. The van der Waals surface area contributed by atoms with E-state index in [0.29, 0.717) is 0 Å². The van der Waals surface area contributed by atoms with Crippen LogP contribution in [0.5, 0.6) is 5.75 Å². The maximum Gasteiger partial charge on any atom is 0.316 e. The van der Waals surface area contributed by atoms with E-state index >= 15 is 0 Å². The number of benzene rings is 2. The van der Waals surface area contributed by atoms with Crippen molar-refractivity contribution in [1.82, 2.24) is 0 Å². The van der Waals surface area contributed by atoms with E-state index in [-0.39, 0.29) is 52.0 Å². The van der Waals surface area contributed by atoms with Gasteiger partial charge < -0.3 is 20.1 Å². The van der Waals surface area contributed by atoms with Gasteiger partial charge in [-0.1, -0.05) is 19.1 Å². The Morgan fingerprint density at radius 1 is 1.14 bits per heavy atom. The summed E-state index contributed by atoms with van der Waals surface area (Å²) in [5, 5.41) is 31.8. The Hall–Kier alpha value is -3.03. The monoisotopic (exact) mass is 396 g/mol. The van der Waals surface area contributed by atoms with Crippen molar-refractivity contribution in [2.75, 3.05) is 7.11 Å². The van der Waals surface area contributed by atoms with E-state index in [1.165, 1.54) is 37.4 Å². The maximum atomic E-state index is 13.0. The van der Waals surface area contributed by atoms with Crippen LogP contribution in [0.3, 0.4) is 0 Å². The van der Waals surface area contributed by atoms with Crippen molar-refractivity contribution < 1.29 is 34.4 Å². The SMILES string of the molecule is CC[C@@]1(O)C[C@@H](O)c2cc3c(cc2[C@@H]1C(=O)OC)C(=O)c1cccc(O)c1C3=O. The van der Waals surface area contributed by atoms with Gasteiger partial charge in [0.15, 0.2) is 11.6 Å². The highest BCUT2D eigenvalue weighted by Crippen LogP contribution is 2.48. The number of ketones is 2. The van der Waals surface area contributed by atoms with Crippen molar-refractivity contribution in [1.29, 1.82) is 0 Å². The van der Waals surface area contributed by atoms with Crippen molar-refractivity contribution in [3.8, 4) is 5.75 Å². The van der Waals surface area contributed by atoms with E-state index in [4.69, 9.17) is 4.74 Å². The first-order chi connectivity index (χ1) is 13.7. The third-order valence-electron chi connectivity index (χ3n) is 6.03. The molecule has 2 aliphatic rings. The highest BCUT2D eigenvalue weighted by Gasteiger charge is 2.49. The Balaban J connectivity index is 1.98. The molecule has 0 heterocycles. The number of aliphatic hydroxyl groups excluding tert-OH is 1. The molecule has 4 rings (SSSR count). The highest BCUT2D eigenvalue weighted by atomic mass is 16.5. The van der Waals surface area contributed by atoms with Crippen LogP contribution >= 0.6 is 0 Å². The van der Waals surface area contributed by atoms with E-state index < -0.39 is 35.2 Å². The average molecular weight is 396 g/mol. The number of phenols is 1. The standard InChI is InChI=1S/C22H20O7/c1-3-22(28)9-16(24)11-7-14-13(8-12(11)18(22)21(27)29-2)19(25)10-5-4-6-15(23)17(10)20(14)26/h4-8,16,18,23-24,28H,3,9H2,1-2H3/t16-,18-,22-/m1/s1. The highest BCUT2D eigenvalue weighted by molar-refractivity contribution is 6.29. The molecule has 3 atom stereocenters. The Morgan fingerprint density at radius 2 is 1.79 bits per heavy atom. The Labute approximate surface area is 166 Å². The van der Waals surface area contributed by atoms with Gasteiger partial charge in [0.05, 0.1) is 24.4 Å². The molecule has 0 bridgehead atoms. The number of hydrogen-bond donors (Lipinski definition) is 3. The van der Waals surface area contributed by atoms with Crippen LogP contribution in [-0.4, -0.2) is 45.6 Å². The molecular weight excluding hydrogens is 376 g/mol. The number of ether oxygens (including phenoxy) is 1. The molecule has 7 heteroatoms. The molecule has 150 valence electrons. The molecule has 2 aliphatic carbocycles. The van der Waals surface area contributed by atoms with Crippen LogP contribution in [0.15, 0.2) is 30.3 Å². The number of fused-ring (bicyclic) bond motifs is 3. The summed E-state index contributed by atoms with van der Waals surface area (Å²) in [7, 11) is 1.20. The van der Waals surface area contributed by atoms with Crippen LogP contribution in [0.2, 0.25) is 0 Å². The normalized spacial score (nSPS) is 25.1. The molecule has 0 fully saturated rings. The van der Waals surface area contributed by atoms with Crippen LogP contribution in [0, 0.1) is 0 Å². The van der Waals surface area contributed by atoms with Crippen LogP contribution in [0.4, 0.5) is 0 Å². The van der Waals surface area contributed by atoms with E-state index in [9.17, 15) is 29.7 Å². The van der Waals surface area contributed by atoms with Gasteiger partial charge in [-0.2, -0.15) is 0 Å². The third-order valence-corrected chi connectivity index (χ3v) is 6.03. The van der Waals surface area contributed by atoms with E-state index in [1.807, 2.05) is 0 Å². The molecule has 7 nitrogen and oxygen atoms in total. The summed E-state index contributed by atoms with van der Waals surface area (Å²) in [6.45, 7) is 1.69. The summed E-state index contributed by atoms with van der Waals surface area (Å²) in [4.78, 5) is 38.6. The van der Waals surface area contributed by atoms with Crippen LogP contribution in [0.25, 0.3) is 0 Å². The van der Waals surface area contributed by atoms with Gasteiger partial charge in [-0.05, 0) is 35.7 Å². The number of carbonyl (C=O) groups excluding carboxylic acids is 3. The van der Waals surface area contributed by atoms with Gasteiger partial charge in [0.2, 0.25) is 0 Å². The van der Waals surface area contributed by atoms with Crippen LogP contribution < -0.4 is 0 Å². The minimum absolute atomic E-state index is 0.0485. The van der Waals surface area contributed by atoms with Crippen molar-refractivity contribution in [2.24, 2.45) is 0 Å². The lowest BCUT2D eigenvalue weighted by Gasteiger charge is -2.41. The first-order valence-corrected chi connectivity index (χ1v) is 9.31. The van der Waals surface area contributed by atoms with E-state index in [1.54, 1.807) is 6.92 Å². The number of carbonyl (C=O) groups is 3. The fraction of sp³-hybridized carbons (Fsp3) is 0.318. The lowest BCUT2D eigenvalue weighted by Crippen LogP contribution is -2.45. The first-order valence-electron chi connectivity index (χ1n) is 9.31. The van der Waals surface area contributed by atoms with Gasteiger partial charge in [-0.3, -0.25) is 14.4 Å². The Bertz CT molecular complexity index is 1070. The van der Waals surface area contributed by atoms with Crippen molar-refractivity contribution in [3.63, 3.8) is 0 Å². The van der Waals surface area contributed by atoms with Crippen molar-refractivity contribution >= 4 is 17.5 Å². The predicted molar refractivity (Wildman–Crippen MR) is 101 cm³/mol. The van der Waals surface area contributed by atoms with Crippen molar-refractivity contribution in [2.45, 2.75) is 37.4 Å². The maximum absolute atomic E-state index is 13.0. The number of aromatic hydroxyl groups is 1. The molecule has 0 amide bonds. The molecule has 0 aliphatic heterocycles. The third kappa shape index (κ3) is 2.62. The van der Waals surface area contributed by atoms with Gasteiger partial charge in [0.1, 0.15) is 11.7 Å². The summed E-state index contributed by atoms with van der Waals surface area (Å²) < 4.78 is 4.88. The van der Waals surface area contributed by atoms with Crippen LogP contribution in [0.1, 0.15) is 74.8 Å². The first kappa shape index (κ1) is 19.3. The minimum Gasteiger partial charge on any atom is -0.507 e. The number of phenolic OH excluding ortho intramolecular Hbond substituents is 1. The second kappa shape index (κ2) is 6.50. The van der Waals surface area contributed by atoms with Gasteiger partial charge in [-0.15, -0.1) is 0 Å². The Kier molecular flexibility index (Phi) is 4.33. The molecule has 29 heavy (non-hydrogen) atoms. The number of hydrogen-bond acceptors (Lipinski definition) is 7. The van der Waals surface area contributed by atoms with Gasteiger partial charge in [0.25, 0.3) is 0 Å². The molecule has 2 aromatic carbocycles. The average Bonchev–Trinajstić information content (AvgIpc) is 2.70. The number of esters is 1. The molecule has 2 aromatic rings. The summed E-state index contributed by atoms with van der Waals surface area (Å²) in [5.74, 6) is -3.09. The fourth-order valence-corrected chi connectivity index (χ4v) is 4.46. The minimum atomic E-state index is -1.55. The predicted octanol–water partition coefficient (Wildman–Crippen LogP) is 2.00. The van der Waals surface area contributed by atoms with E-state index in [0.717, 1.165) is 0 Å². The summed E-state index contributed by atoms with van der Waals surface area (Å²) in [6, 6.07) is 7.03. The van der Waals surface area contributed by atoms with E-state index in [2.05, 4.69) is 0 Å². The summed E-state index contributed by atoms with van der Waals surface area (Å²) >= 11 is 0. The molecular formula is C22H20O7.